The van der Waals surface area contributed by atoms with Crippen molar-refractivity contribution in [1.29, 1.82) is 5.26 Å². The van der Waals surface area contributed by atoms with Crippen molar-refractivity contribution in [2.24, 2.45) is 0 Å². The summed E-state index contributed by atoms with van der Waals surface area (Å²) in [7, 11) is -3.87. The molecule has 3 aromatic rings. The van der Waals surface area contributed by atoms with Crippen molar-refractivity contribution < 1.29 is 22.8 Å². The van der Waals surface area contributed by atoms with E-state index in [-0.39, 0.29) is 29.6 Å². The minimum atomic E-state index is -3.87. The van der Waals surface area contributed by atoms with Gasteiger partial charge in [0.1, 0.15) is 0 Å². The van der Waals surface area contributed by atoms with Crippen LogP contribution in [0.3, 0.4) is 0 Å². The topological polar surface area (TPSA) is 146 Å². The van der Waals surface area contributed by atoms with Crippen molar-refractivity contribution >= 4 is 16.0 Å². The van der Waals surface area contributed by atoms with Gasteiger partial charge < -0.3 is 9.63 Å². The van der Waals surface area contributed by atoms with Crippen LogP contribution in [0.2, 0.25) is 0 Å². The number of aromatic nitrogens is 2. The fraction of sp³-hybridized carbons (Fsp3) is 0.111. The summed E-state index contributed by atoms with van der Waals surface area (Å²) in [4.78, 5) is 14.8. The zero-order valence-corrected chi connectivity index (χ0v) is 15.2. The van der Waals surface area contributed by atoms with Crippen molar-refractivity contribution in [3.8, 4) is 28.9 Å². The van der Waals surface area contributed by atoms with Crippen molar-refractivity contribution in [2.45, 2.75) is 11.3 Å². The Morgan fingerprint density at radius 3 is 2.61 bits per heavy atom. The van der Waals surface area contributed by atoms with E-state index >= 15 is 0 Å². The zero-order valence-electron chi connectivity index (χ0n) is 14.4. The number of nitrogens with one attached hydrogen (secondary N) is 1. The molecule has 0 radical (unpaired) electrons. The summed E-state index contributed by atoms with van der Waals surface area (Å²) in [5.41, 5.74) is 1.54. The Balaban J connectivity index is 1.83. The summed E-state index contributed by atoms with van der Waals surface area (Å²) in [6.07, 6.45) is -0.322. The first-order valence-corrected chi connectivity index (χ1v) is 9.53. The van der Waals surface area contributed by atoms with Gasteiger partial charge in [-0.2, -0.15) is 10.2 Å². The number of carboxylic acids is 1. The fourth-order valence-electron chi connectivity index (χ4n) is 2.32. The molecule has 142 valence electrons. The van der Waals surface area contributed by atoms with Crippen molar-refractivity contribution in [2.75, 3.05) is 6.54 Å². The quantitative estimate of drug-likeness (QED) is 0.614. The second-order valence-electron chi connectivity index (χ2n) is 5.68. The molecule has 9 nitrogen and oxygen atoms in total. The van der Waals surface area contributed by atoms with Gasteiger partial charge in [0.2, 0.25) is 15.8 Å². The van der Waals surface area contributed by atoms with Crippen LogP contribution in [0.15, 0.2) is 57.9 Å². The maximum atomic E-state index is 12.3. The third kappa shape index (κ3) is 4.40. The number of nitrogens with zero attached hydrogens (tertiary/aromatic N) is 3. The number of aliphatic carboxylic acids is 1. The first kappa shape index (κ1) is 19.2. The molecule has 10 heteroatoms. The molecular formula is C18H14N4O5S. The number of sulfonamides is 1. The summed E-state index contributed by atoms with van der Waals surface area (Å²) in [6, 6.07) is 14.5. The van der Waals surface area contributed by atoms with Crippen LogP contribution in [0.4, 0.5) is 0 Å². The molecule has 2 N–H and O–H groups in total. The van der Waals surface area contributed by atoms with Gasteiger partial charge >= 0.3 is 5.97 Å². The molecule has 0 spiro atoms. The van der Waals surface area contributed by atoms with E-state index in [2.05, 4.69) is 14.9 Å². The maximum Gasteiger partial charge on any atom is 0.304 e. The molecule has 1 aromatic heterocycles. The number of benzene rings is 2. The monoisotopic (exact) mass is 398 g/mol. The molecular weight excluding hydrogens is 384 g/mol. The number of carboxylic acid groups (broad SMARTS) is 1. The molecule has 0 fully saturated rings. The highest BCUT2D eigenvalue weighted by Crippen LogP contribution is 2.24. The van der Waals surface area contributed by atoms with Gasteiger partial charge in [-0.15, -0.1) is 0 Å². The minimum absolute atomic E-state index is 0.0416. The molecule has 0 atom stereocenters. The fourth-order valence-corrected chi connectivity index (χ4v) is 3.40. The lowest BCUT2D eigenvalue weighted by Crippen LogP contribution is -2.26. The predicted molar refractivity (Wildman–Crippen MR) is 97.3 cm³/mol. The molecule has 0 unspecified atom stereocenters. The molecule has 1 heterocycles. The highest BCUT2D eigenvalue weighted by Gasteiger charge is 2.17. The molecule has 2 aromatic carbocycles. The van der Waals surface area contributed by atoms with E-state index in [1.807, 2.05) is 6.07 Å². The average Bonchev–Trinajstić information content (AvgIpc) is 3.18. The number of hydrogen-bond donors (Lipinski definition) is 2. The van der Waals surface area contributed by atoms with Crippen molar-refractivity contribution in [3.63, 3.8) is 0 Å². The van der Waals surface area contributed by atoms with E-state index in [9.17, 15) is 13.2 Å². The molecule has 28 heavy (non-hydrogen) atoms. The lowest BCUT2D eigenvalue weighted by atomic mass is 10.1. The Hall–Kier alpha value is -3.55. The van der Waals surface area contributed by atoms with Crippen LogP contribution in [-0.4, -0.2) is 36.2 Å². The van der Waals surface area contributed by atoms with Gasteiger partial charge in [-0.1, -0.05) is 17.3 Å². The summed E-state index contributed by atoms with van der Waals surface area (Å²) >= 11 is 0. The van der Waals surface area contributed by atoms with Gasteiger partial charge in [0.25, 0.3) is 5.89 Å². The molecule has 0 saturated heterocycles. The normalized spacial score (nSPS) is 11.1. The molecule has 0 saturated carbocycles. The van der Waals surface area contributed by atoms with E-state index in [1.54, 1.807) is 30.3 Å². The third-order valence-corrected chi connectivity index (χ3v) is 5.18. The van der Waals surface area contributed by atoms with Gasteiger partial charge in [-0.25, -0.2) is 13.1 Å². The largest absolute Gasteiger partial charge is 0.481 e. The van der Waals surface area contributed by atoms with Gasteiger partial charge in [-0.05, 0) is 36.4 Å². The van der Waals surface area contributed by atoms with Crippen LogP contribution in [-0.2, 0) is 14.8 Å². The molecule has 0 bridgehead atoms. The Morgan fingerprint density at radius 1 is 1.18 bits per heavy atom. The van der Waals surface area contributed by atoms with Crippen LogP contribution >= 0.6 is 0 Å². The number of carbonyl (C=O) groups is 1. The third-order valence-electron chi connectivity index (χ3n) is 3.72. The lowest BCUT2D eigenvalue weighted by Gasteiger charge is -2.06. The maximum absolute atomic E-state index is 12.3. The number of rotatable bonds is 7. The van der Waals surface area contributed by atoms with Gasteiger partial charge in [0.05, 0.1) is 22.9 Å². The smallest absolute Gasteiger partial charge is 0.304 e. The zero-order chi connectivity index (χ0) is 20.1. The van der Waals surface area contributed by atoms with Crippen LogP contribution in [0.25, 0.3) is 22.8 Å². The standard InChI is InChI=1S/C18H14N4O5S/c19-11-12-4-6-13(7-5-12)18-21-17(22-27-18)14-2-1-3-15(10-14)28(25,26)20-9-8-16(23)24/h1-7,10,20H,8-9H2,(H,23,24). The van der Waals surface area contributed by atoms with E-state index in [0.29, 0.717) is 16.7 Å². The Morgan fingerprint density at radius 2 is 1.93 bits per heavy atom. The summed E-state index contributed by atoms with van der Waals surface area (Å²) in [6.45, 7) is -0.215. The lowest BCUT2D eigenvalue weighted by molar-refractivity contribution is -0.136. The van der Waals surface area contributed by atoms with E-state index in [4.69, 9.17) is 14.9 Å². The highest BCUT2D eigenvalue weighted by atomic mass is 32.2. The second kappa shape index (κ2) is 7.99. The van der Waals surface area contributed by atoms with Gasteiger partial charge in [0, 0.05) is 17.7 Å². The van der Waals surface area contributed by atoms with Crippen molar-refractivity contribution in [1.82, 2.24) is 14.9 Å². The average molecular weight is 398 g/mol. The Kier molecular flexibility index (Phi) is 5.49. The molecule has 0 aliphatic rings. The number of nitriles is 1. The molecule has 0 aliphatic heterocycles. The Labute approximate surface area is 160 Å². The summed E-state index contributed by atoms with van der Waals surface area (Å²) in [5.74, 6) is -0.673. The van der Waals surface area contributed by atoms with E-state index in [1.165, 1.54) is 18.2 Å². The van der Waals surface area contributed by atoms with Gasteiger partial charge in [0.15, 0.2) is 0 Å². The molecule has 3 rings (SSSR count). The SMILES string of the molecule is N#Cc1ccc(-c2nc(-c3cccc(S(=O)(=O)NCCC(=O)O)c3)no2)cc1. The predicted octanol–water partition coefficient (Wildman–Crippen LogP) is 2.03. The number of hydrogen-bond acceptors (Lipinski definition) is 7. The second-order valence-corrected chi connectivity index (χ2v) is 7.45. The van der Waals surface area contributed by atoms with Crippen LogP contribution < -0.4 is 4.72 Å². The minimum Gasteiger partial charge on any atom is -0.481 e. The van der Waals surface area contributed by atoms with Gasteiger partial charge in [-0.3, -0.25) is 4.79 Å². The van der Waals surface area contributed by atoms with Crippen LogP contribution in [0, 0.1) is 11.3 Å². The van der Waals surface area contributed by atoms with Crippen LogP contribution in [0.5, 0.6) is 0 Å². The van der Waals surface area contributed by atoms with Crippen LogP contribution in [0.1, 0.15) is 12.0 Å². The molecule has 0 aliphatic carbocycles. The first-order chi connectivity index (χ1) is 13.4. The van der Waals surface area contributed by atoms with E-state index < -0.39 is 16.0 Å². The van der Waals surface area contributed by atoms with E-state index in [0.717, 1.165) is 0 Å². The summed E-state index contributed by atoms with van der Waals surface area (Å²) < 4.78 is 32.0. The summed E-state index contributed by atoms with van der Waals surface area (Å²) in [5, 5.41) is 21.3. The Bertz CT molecular complexity index is 1150. The van der Waals surface area contributed by atoms with Crippen molar-refractivity contribution in [3.05, 3.63) is 54.1 Å². The molecule has 0 amide bonds. The highest BCUT2D eigenvalue weighted by molar-refractivity contribution is 7.89. The first-order valence-electron chi connectivity index (χ1n) is 8.05.